The zero-order valence-corrected chi connectivity index (χ0v) is 14.1. The van der Waals surface area contributed by atoms with Gasteiger partial charge in [-0.05, 0) is 42.5 Å². The van der Waals surface area contributed by atoms with Crippen LogP contribution in [-0.2, 0) is 0 Å². The highest BCUT2D eigenvalue weighted by Gasteiger charge is 2.25. The molecule has 0 bridgehead atoms. The second-order valence-electron chi connectivity index (χ2n) is 5.88. The Kier molecular flexibility index (Phi) is 4.30. The number of nitrogen functional groups attached to an aromatic ring is 1. The van der Waals surface area contributed by atoms with Gasteiger partial charge < -0.3 is 15.5 Å². The van der Waals surface area contributed by atoms with E-state index in [0.29, 0.717) is 11.7 Å². The lowest BCUT2D eigenvalue weighted by molar-refractivity contribution is 0.311. The standard InChI is InChI=1S/C14H22IN5/c1-19-6-8-20(9-7-19)14-17-12(10-4-2-3-5-10)11(15)13(16)18-14/h10H,2-9H2,1H3,(H2,16,17,18). The Morgan fingerprint density at radius 2 is 1.75 bits per heavy atom. The summed E-state index contributed by atoms with van der Waals surface area (Å²) in [7, 11) is 2.16. The molecule has 0 amide bonds. The van der Waals surface area contributed by atoms with Gasteiger partial charge in [-0.15, -0.1) is 0 Å². The predicted octanol–water partition coefficient (Wildman–Crippen LogP) is 2.07. The van der Waals surface area contributed by atoms with Crippen LogP contribution >= 0.6 is 22.6 Å². The van der Waals surface area contributed by atoms with Gasteiger partial charge in [0.15, 0.2) is 0 Å². The Morgan fingerprint density at radius 3 is 2.40 bits per heavy atom. The Balaban J connectivity index is 1.87. The fourth-order valence-corrected chi connectivity index (χ4v) is 3.77. The van der Waals surface area contributed by atoms with Crippen LogP contribution in [0.2, 0.25) is 0 Å². The second-order valence-corrected chi connectivity index (χ2v) is 6.96. The average Bonchev–Trinajstić information content (AvgIpc) is 2.96. The first-order valence-corrected chi connectivity index (χ1v) is 8.49. The summed E-state index contributed by atoms with van der Waals surface area (Å²) in [5.41, 5.74) is 7.31. The van der Waals surface area contributed by atoms with E-state index < -0.39 is 0 Å². The van der Waals surface area contributed by atoms with Crippen molar-refractivity contribution in [3.63, 3.8) is 0 Å². The summed E-state index contributed by atoms with van der Waals surface area (Å²) in [6, 6.07) is 0. The molecule has 2 fully saturated rings. The zero-order chi connectivity index (χ0) is 14.1. The lowest BCUT2D eigenvalue weighted by Crippen LogP contribution is -2.45. The first-order valence-electron chi connectivity index (χ1n) is 7.41. The van der Waals surface area contributed by atoms with Crippen LogP contribution in [0.15, 0.2) is 0 Å². The molecule has 5 nitrogen and oxygen atoms in total. The van der Waals surface area contributed by atoms with Crippen molar-refractivity contribution >= 4 is 34.4 Å². The third kappa shape index (κ3) is 2.86. The number of halogens is 1. The number of likely N-dealkylation sites (N-methyl/N-ethyl adjacent to an activating group) is 1. The molecule has 1 saturated heterocycles. The van der Waals surface area contributed by atoms with Gasteiger partial charge in [-0.2, -0.15) is 4.98 Å². The normalized spacial score (nSPS) is 21.6. The molecule has 0 radical (unpaired) electrons. The first kappa shape index (κ1) is 14.3. The third-order valence-corrected chi connectivity index (χ3v) is 5.52. The Hall–Kier alpha value is -0.630. The van der Waals surface area contributed by atoms with Gasteiger partial charge in [-0.3, -0.25) is 0 Å². The van der Waals surface area contributed by atoms with Crippen molar-refractivity contribution in [2.45, 2.75) is 31.6 Å². The SMILES string of the molecule is CN1CCN(c2nc(N)c(I)c(C3CCCC3)n2)CC1. The number of hydrogen-bond donors (Lipinski definition) is 1. The highest BCUT2D eigenvalue weighted by atomic mass is 127. The van der Waals surface area contributed by atoms with E-state index in [1.165, 1.54) is 31.4 Å². The first-order chi connectivity index (χ1) is 9.65. The van der Waals surface area contributed by atoms with Crippen LogP contribution in [0.25, 0.3) is 0 Å². The van der Waals surface area contributed by atoms with E-state index in [2.05, 4.69) is 44.4 Å². The van der Waals surface area contributed by atoms with Gasteiger partial charge >= 0.3 is 0 Å². The molecule has 2 heterocycles. The van der Waals surface area contributed by atoms with Crippen LogP contribution in [0.1, 0.15) is 37.3 Å². The number of nitrogens with two attached hydrogens (primary N) is 1. The topological polar surface area (TPSA) is 58.3 Å². The zero-order valence-electron chi connectivity index (χ0n) is 12.0. The molecule has 1 aromatic heterocycles. The molecule has 1 aliphatic heterocycles. The molecule has 1 saturated carbocycles. The van der Waals surface area contributed by atoms with Crippen molar-refractivity contribution in [1.82, 2.24) is 14.9 Å². The minimum atomic E-state index is 0.582. The van der Waals surface area contributed by atoms with Crippen molar-refractivity contribution in [2.24, 2.45) is 0 Å². The molecule has 0 atom stereocenters. The molecule has 0 spiro atoms. The Morgan fingerprint density at radius 1 is 1.10 bits per heavy atom. The predicted molar refractivity (Wildman–Crippen MR) is 90.1 cm³/mol. The Labute approximate surface area is 134 Å². The number of piperazine rings is 1. The quantitative estimate of drug-likeness (QED) is 0.788. The van der Waals surface area contributed by atoms with Crippen LogP contribution < -0.4 is 10.6 Å². The lowest BCUT2D eigenvalue weighted by atomic mass is 10.0. The molecule has 3 rings (SSSR count). The van der Waals surface area contributed by atoms with Crippen molar-refractivity contribution in [3.8, 4) is 0 Å². The molecule has 2 aliphatic rings. The molecule has 0 aromatic carbocycles. The van der Waals surface area contributed by atoms with Crippen molar-refractivity contribution in [3.05, 3.63) is 9.26 Å². The van der Waals surface area contributed by atoms with E-state index in [4.69, 9.17) is 10.7 Å². The maximum atomic E-state index is 6.13. The van der Waals surface area contributed by atoms with Crippen LogP contribution in [0, 0.1) is 3.57 Å². The molecular formula is C14H22IN5. The van der Waals surface area contributed by atoms with E-state index in [0.717, 1.165) is 35.7 Å². The van der Waals surface area contributed by atoms with Gasteiger partial charge in [0.25, 0.3) is 0 Å². The summed E-state index contributed by atoms with van der Waals surface area (Å²) in [6.45, 7) is 4.10. The third-order valence-electron chi connectivity index (χ3n) is 4.42. The van der Waals surface area contributed by atoms with E-state index in [1.54, 1.807) is 0 Å². The largest absolute Gasteiger partial charge is 0.383 e. The maximum absolute atomic E-state index is 6.13. The molecule has 1 aromatic rings. The number of aromatic nitrogens is 2. The van der Waals surface area contributed by atoms with Gasteiger partial charge in [0.2, 0.25) is 5.95 Å². The van der Waals surface area contributed by atoms with Crippen molar-refractivity contribution in [2.75, 3.05) is 43.9 Å². The fourth-order valence-electron chi connectivity index (χ4n) is 3.09. The number of nitrogens with zero attached hydrogens (tertiary/aromatic N) is 4. The van der Waals surface area contributed by atoms with Crippen LogP contribution in [-0.4, -0.2) is 48.1 Å². The maximum Gasteiger partial charge on any atom is 0.227 e. The van der Waals surface area contributed by atoms with Gasteiger partial charge in [0.1, 0.15) is 5.82 Å². The lowest BCUT2D eigenvalue weighted by Gasteiger charge is -2.33. The Bertz CT molecular complexity index is 479. The van der Waals surface area contributed by atoms with Gasteiger partial charge in [-0.1, -0.05) is 12.8 Å². The number of anilines is 2. The van der Waals surface area contributed by atoms with Gasteiger partial charge in [-0.25, -0.2) is 4.98 Å². The van der Waals surface area contributed by atoms with Crippen molar-refractivity contribution in [1.29, 1.82) is 0 Å². The molecule has 6 heteroatoms. The van der Waals surface area contributed by atoms with Crippen molar-refractivity contribution < 1.29 is 0 Å². The summed E-state index contributed by atoms with van der Waals surface area (Å²) in [4.78, 5) is 14.0. The number of hydrogen-bond acceptors (Lipinski definition) is 5. The molecule has 1 aliphatic carbocycles. The van der Waals surface area contributed by atoms with Crippen LogP contribution in [0.3, 0.4) is 0 Å². The molecule has 20 heavy (non-hydrogen) atoms. The summed E-state index contributed by atoms with van der Waals surface area (Å²) >= 11 is 2.31. The number of rotatable bonds is 2. The summed E-state index contributed by atoms with van der Waals surface area (Å²) in [5.74, 6) is 2.06. The van der Waals surface area contributed by atoms with Gasteiger partial charge in [0, 0.05) is 32.1 Å². The van der Waals surface area contributed by atoms with E-state index in [9.17, 15) is 0 Å². The molecule has 2 N–H and O–H groups in total. The molecule has 110 valence electrons. The summed E-state index contributed by atoms with van der Waals surface area (Å²) < 4.78 is 1.06. The second kappa shape index (κ2) is 6.01. The summed E-state index contributed by atoms with van der Waals surface area (Å²) in [5, 5.41) is 0. The van der Waals surface area contributed by atoms with Gasteiger partial charge in [0.05, 0.1) is 9.26 Å². The fraction of sp³-hybridized carbons (Fsp3) is 0.714. The smallest absolute Gasteiger partial charge is 0.227 e. The summed E-state index contributed by atoms with van der Waals surface area (Å²) in [6.07, 6.45) is 5.12. The minimum Gasteiger partial charge on any atom is -0.383 e. The van der Waals surface area contributed by atoms with E-state index >= 15 is 0 Å². The monoisotopic (exact) mass is 387 g/mol. The van der Waals surface area contributed by atoms with E-state index in [-0.39, 0.29) is 0 Å². The van der Waals surface area contributed by atoms with E-state index in [1.807, 2.05) is 0 Å². The highest BCUT2D eigenvalue weighted by Crippen LogP contribution is 2.37. The molecular weight excluding hydrogens is 365 g/mol. The average molecular weight is 387 g/mol. The van der Waals surface area contributed by atoms with Crippen LogP contribution in [0.5, 0.6) is 0 Å². The minimum absolute atomic E-state index is 0.582. The highest BCUT2D eigenvalue weighted by molar-refractivity contribution is 14.1. The van der Waals surface area contributed by atoms with Crippen LogP contribution in [0.4, 0.5) is 11.8 Å². The molecule has 0 unspecified atom stereocenters.